The first-order chi connectivity index (χ1) is 5.86. The molecule has 1 saturated heterocycles. The van der Waals surface area contributed by atoms with Gasteiger partial charge in [0.05, 0.1) is 0 Å². The summed E-state index contributed by atoms with van der Waals surface area (Å²) in [5, 5.41) is 1.06. The maximum atomic E-state index is 2.38. The molecule has 4 unspecified atom stereocenters. The third-order valence-electron chi connectivity index (χ3n) is 3.91. The van der Waals surface area contributed by atoms with Gasteiger partial charge in [-0.3, -0.25) is 0 Å². The minimum Gasteiger partial charge on any atom is -0.158 e. The van der Waals surface area contributed by atoms with Gasteiger partial charge >= 0.3 is 0 Å². The lowest BCUT2D eigenvalue weighted by atomic mass is 9.92. The van der Waals surface area contributed by atoms with Gasteiger partial charge in [0, 0.05) is 5.25 Å². The molecule has 2 rings (SSSR count). The Bertz CT molecular complexity index is 139. The Morgan fingerprint density at radius 3 is 2.58 bits per heavy atom. The zero-order valence-electron chi connectivity index (χ0n) is 8.25. The fourth-order valence-electron chi connectivity index (χ4n) is 3.18. The van der Waals surface area contributed by atoms with E-state index in [1.807, 2.05) is 0 Å². The fourth-order valence-corrected chi connectivity index (χ4v) is 5.05. The van der Waals surface area contributed by atoms with Gasteiger partial charge in [-0.2, -0.15) is 11.8 Å². The Balaban J connectivity index is 2.05. The predicted molar refractivity (Wildman–Crippen MR) is 56.5 cm³/mol. The lowest BCUT2D eigenvalue weighted by molar-refractivity contribution is 0.382. The standard InChI is InChI=1S/C11H20S/c1-3-8-7-9(4-2)11-10(8)5-6-12-11/h8-11H,3-7H2,1-2H3. The molecule has 2 fully saturated rings. The predicted octanol–water partition coefficient (Wildman–Crippen LogP) is 3.56. The van der Waals surface area contributed by atoms with Crippen molar-refractivity contribution < 1.29 is 0 Å². The summed E-state index contributed by atoms with van der Waals surface area (Å²) in [5.41, 5.74) is 0. The molecule has 0 aromatic heterocycles. The number of fused-ring (bicyclic) bond motifs is 1. The van der Waals surface area contributed by atoms with Crippen LogP contribution in [0, 0.1) is 17.8 Å². The molecule has 1 heterocycles. The van der Waals surface area contributed by atoms with E-state index in [-0.39, 0.29) is 0 Å². The third kappa shape index (κ3) is 1.30. The van der Waals surface area contributed by atoms with E-state index in [4.69, 9.17) is 0 Å². The number of thioether (sulfide) groups is 1. The zero-order valence-corrected chi connectivity index (χ0v) is 9.07. The largest absolute Gasteiger partial charge is 0.158 e. The summed E-state index contributed by atoms with van der Waals surface area (Å²) >= 11 is 2.26. The molecule has 70 valence electrons. The maximum absolute atomic E-state index is 2.38. The van der Waals surface area contributed by atoms with Gasteiger partial charge in [0.2, 0.25) is 0 Å². The summed E-state index contributed by atoms with van der Waals surface area (Å²) in [7, 11) is 0. The second-order valence-corrected chi connectivity index (χ2v) is 5.65. The average molecular weight is 184 g/mol. The number of hydrogen-bond acceptors (Lipinski definition) is 1. The van der Waals surface area contributed by atoms with E-state index in [1.54, 1.807) is 0 Å². The van der Waals surface area contributed by atoms with Crippen LogP contribution in [0.4, 0.5) is 0 Å². The summed E-state index contributed by atoms with van der Waals surface area (Å²) in [6, 6.07) is 0. The Morgan fingerprint density at radius 1 is 1.17 bits per heavy atom. The molecular weight excluding hydrogens is 164 g/mol. The minimum absolute atomic E-state index is 1.06. The quantitative estimate of drug-likeness (QED) is 0.632. The van der Waals surface area contributed by atoms with E-state index in [9.17, 15) is 0 Å². The van der Waals surface area contributed by atoms with Gasteiger partial charge in [0.25, 0.3) is 0 Å². The molecule has 12 heavy (non-hydrogen) atoms. The van der Waals surface area contributed by atoms with E-state index < -0.39 is 0 Å². The lowest BCUT2D eigenvalue weighted by Gasteiger charge is -2.16. The van der Waals surface area contributed by atoms with E-state index in [1.165, 1.54) is 31.4 Å². The first-order valence-electron chi connectivity index (χ1n) is 5.48. The van der Waals surface area contributed by atoms with Gasteiger partial charge in [0.15, 0.2) is 0 Å². The SMILES string of the molecule is CCC1CC(CC)C2SCCC12. The van der Waals surface area contributed by atoms with E-state index >= 15 is 0 Å². The second-order valence-electron chi connectivity index (χ2n) is 4.36. The van der Waals surface area contributed by atoms with Crippen molar-refractivity contribution in [3.63, 3.8) is 0 Å². The van der Waals surface area contributed by atoms with Crippen molar-refractivity contribution >= 4 is 11.8 Å². The normalized spacial score (nSPS) is 46.5. The molecule has 0 amide bonds. The van der Waals surface area contributed by atoms with Crippen molar-refractivity contribution in [3.8, 4) is 0 Å². The summed E-state index contributed by atoms with van der Waals surface area (Å²) < 4.78 is 0. The first kappa shape index (κ1) is 8.93. The van der Waals surface area contributed by atoms with Gasteiger partial charge in [-0.25, -0.2) is 0 Å². The molecule has 0 bridgehead atoms. The molecule has 0 radical (unpaired) electrons. The summed E-state index contributed by atoms with van der Waals surface area (Å²) in [6.07, 6.45) is 5.91. The topological polar surface area (TPSA) is 0 Å². The molecule has 0 aromatic carbocycles. The fraction of sp³-hybridized carbons (Fsp3) is 1.00. The molecule has 0 N–H and O–H groups in total. The highest BCUT2D eigenvalue weighted by atomic mass is 32.2. The van der Waals surface area contributed by atoms with Crippen LogP contribution in [0.5, 0.6) is 0 Å². The first-order valence-corrected chi connectivity index (χ1v) is 6.53. The summed E-state index contributed by atoms with van der Waals surface area (Å²) in [4.78, 5) is 0. The zero-order chi connectivity index (χ0) is 8.55. The van der Waals surface area contributed by atoms with Crippen LogP contribution in [0.1, 0.15) is 39.5 Å². The van der Waals surface area contributed by atoms with Crippen LogP contribution in [-0.2, 0) is 0 Å². The highest BCUT2D eigenvalue weighted by Gasteiger charge is 2.44. The van der Waals surface area contributed by atoms with Gasteiger partial charge < -0.3 is 0 Å². The van der Waals surface area contributed by atoms with Crippen LogP contribution >= 0.6 is 11.8 Å². The van der Waals surface area contributed by atoms with Crippen molar-refractivity contribution in [2.24, 2.45) is 17.8 Å². The molecule has 1 saturated carbocycles. The number of rotatable bonds is 2. The molecular formula is C11H20S. The monoisotopic (exact) mass is 184 g/mol. The van der Waals surface area contributed by atoms with Crippen molar-refractivity contribution in [2.45, 2.75) is 44.8 Å². The van der Waals surface area contributed by atoms with Gasteiger partial charge in [0.1, 0.15) is 0 Å². The van der Waals surface area contributed by atoms with E-state index in [0.717, 1.165) is 23.0 Å². The van der Waals surface area contributed by atoms with Crippen molar-refractivity contribution in [1.82, 2.24) is 0 Å². The third-order valence-corrected chi connectivity index (χ3v) is 5.50. The Morgan fingerprint density at radius 2 is 1.92 bits per heavy atom. The lowest BCUT2D eigenvalue weighted by Crippen LogP contribution is -2.13. The van der Waals surface area contributed by atoms with E-state index in [0.29, 0.717) is 0 Å². The molecule has 0 aromatic rings. The van der Waals surface area contributed by atoms with Gasteiger partial charge in [-0.15, -0.1) is 0 Å². The Labute approximate surface area is 80.5 Å². The smallest absolute Gasteiger partial charge is 0.0106 e. The van der Waals surface area contributed by atoms with Crippen LogP contribution in [0.2, 0.25) is 0 Å². The molecule has 1 heteroatoms. The van der Waals surface area contributed by atoms with Crippen molar-refractivity contribution in [1.29, 1.82) is 0 Å². The molecule has 1 aliphatic carbocycles. The highest BCUT2D eigenvalue weighted by molar-refractivity contribution is 8.00. The summed E-state index contributed by atoms with van der Waals surface area (Å²) in [5.74, 6) is 4.69. The van der Waals surface area contributed by atoms with E-state index in [2.05, 4.69) is 25.6 Å². The van der Waals surface area contributed by atoms with Crippen LogP contribution in [0.15, 0.2) is 0 Å². The second kappa shape index (κ2) is 3.61. The molecule has 0 spiro atoms. The number of hydrogen-bond donors (Lipinski definition) is 0. The molecule has 4 atom stereocenters. The van der Waals surface area contributed by atoms with Crippen LogP contribution < -0.4 is 0 Å². The average Bonchev–Trinajstić information content (AvgIpc) is 2.63. The molecule has 1 aliphatic heterocycles. The maximum Gasteiger partial charge on any atom is 0.0106 e. The molecule has 0 nitrogen and oxygen atoms in total. The van der Waals surface area contributed by atoms with Crippen LogP contribution in [-0.4, -0.2) is 11.0 Å². The minimum atomic E-state index is 1.06. The molecule has 2 aliphatic rings. The van der Waals surface area contributed by atoms with Crippen molar-refractivity contribution in [3.05, 3.63) is 0 Å². The Hall–Kier alpha value is 0.350. The van der Waals surface area contributed by atoms with Crippen LogP contribution in [0.3, 0.4) is 0 Å². The highest BCUT2D eigenvalue weighted by Crippen LogP contribution is 2.52. The summed E-state index contributed by atoms with van der Waals surface area (Å²) in [6.45, 7) is 4.75. The van der Waals surface area contributed by atoms with Crippen LogP contribution in [0.25, 0.3) is 0 Å². The van der Waals surface area contributed by atoms with Gasteiger partial charge in [-0.1, -0.05) is 26.7 Å². The van der Waals surface area contributed by atoms with Crippen molar-refractivity contribution in [2.75, 3.05) is 5.75 Å². The Kier molecular flexibility index (Phi) is 2.69. The van der Waals surface area contributed by atoms with Gasteiger partial charge in [-0.05, 0) is 36.3 Å².